The van der Waals surface area contributed by atoms with Crippen LogP contribution in [0.5, 0.6) is 0 Å². The fraction of sp³-hybridized carbons (Fsp3) is 0.0667. The molecule has 0 radical (unpaired) electrons. The summed E-state index contributed by atoms with van der Waals surface area (Å²) < 4.78 is 0. The lowest BCUT2D eigenvalue weighted by Gasteiger charge is -2.10. The van der Waals surface area contributed by atoms with Gasteiger partial charge in [-0.1, -0.05) is 35.3 Å². The van der Waals surface area contributed by atoms with Crippen LogP contribution in [0, 0.1) is 6.92 Å². The van der Waals surface area contributed by atoms with Crippen LogP contribution < -0.4 is 5.56 Å². The van der Waals surface area contributed by atoms with Crippen LogP contribution in [0.15, 0.2) is 41.5 Å². The lowest BCUT2D eigenvalue weighted by Crippen LogP contribution is -2.08. The molecule has 0 spiro atoms. The van der Waals surface area contributed by atoms with Crippen molar-refractivity contribution in [1.82, 2.24) is 9.97 Å². The first kappa shape index (κ1) is 13.2. The molecular weight excluding hydrogens is 295 g/mol. The number of aryl methyl sites for hydroxylation is 1. The highest BCUT2D eigenvalue weighted by Gasteiger charge is 2.12. The minimum Gasteiger partial charge on any atom is -0.313 e. The summed E-state index contributed by atoms with van der Waals surface area (Å²) in [5, 5.41) is 1.51. The first-order valence-corrected chi connectivity index (χ1v) is 6.76. The molecule has 0 atom stereocenters. The minimum absolute atomic E-state index is 0.167. The van der Waals surface area contributed by atoms with E-state index in [1.807, 2.05) is 25.1 Å². The average Bonchev–Trinajstić information content (AvgIpc) is 2.43. The maximum Gasteiger partial charge on any atom is 0.259 e. The number of fused-ring (bicyclic) bond motifs is 1. The van der Waals surface area contributed by atoms with E-state index in [-0.39, 0.29) is 5.56 Å². The molecule has 3 rings (SSSR count). The van der Waals surface area contributed by atoms with E-state index < -0.39 is 0 Å². The van der Waals surface area contributed by atoms with Crippen molar-refractivity contribution in [3.05, 3.63) is 62.6 Å². The van der Waals surface area contributed by atoms with Crippen LogP contribution in [-0.4, -0.2) is 9.97 Å². The number of nitrogens with zero attached hydrogens (tertiary/aromatic N) is 1. The normalized spacial score (nSPS) is 10.9. The third-order valence-corrected chi connectivity index (χ3v) is 3.97. The van der Waals surface area contributed by atoms with E-state index >= 15 is 0 Å². The van der Waals surface area contributed by atoms with Crippen LogP contribution in [0.2, 0.25) is 10.0 Å². The first-order valence-electron chi connectivity index (χ1n) is 6.00. The Morgan fingerprint density at radius 1 is 1.10 bits per heavy atom. The number of H-pyrrole nitrogens is 1. The van der Waals surface area contributed by atoms with Gasteiger partial charge >= 0.3 is 0 Å². The van der Waals surface area contributed by atoms with Gasteiger partial charge in [0.05, 0.1) is 27.3 Å². The summed E-state index contributed by atoms with van der Waals surface area (Å²) in [6.45, 7) is 1.95. The van der Waals surface area contributed by atoms with Crippen molar-refractivity contribution in [2.24, 2.45) is 0 Å². The molecule has 0 bridgehead atoms. The quantitative estimate of drug-likeness (QED) is 0.732. The number of hydrogen-bond donors (Lipinski definition) is 1. The highest BCUT2D eigenvalue weighted by atomic mass is 35.5. The molecule has 0 aliphatic heterocycles. The second-order valence-electron chi connectivity index (χ2n) is 4.51. The largest absolute Gasteiger partial charge is 0.313 e. The Hall–Kier alpha value is -1.84. The van der Waals surface area contributed by atoms with E-state index in [0.717, 1.165) is 16.7 Å². The number of nitrogens with one attached hydrogen (secondary N) is 1. The van der Waals surface area contributed by atoms with Crippen LogP contribution in [0.25, 0.3) is 22.0 Å². The van der Waals surface area contributed by atoms with Crippen molar-refractivity contribution in [3.63, 3.8) is 0 Å². The molecule has 3 nitrogen and oxygen atoms in total. The molecule has 100 valence electrons. The molecule has 2 aromatic carbocycles. The van der Waals surface area contributed by atoms with Gasteiger partial charge in [-0.05, 0) is 41.8 Å². The van der Waals surface area contributed by atoms with Crippen LogP contribution in [0.1, 0.15) is 5.56 Å². The number of benzene rings is 2. The fourth-order valence-corrected chi connectivity index (χ4v) is 2.59. The molecule has 0 aliphatic carbocycles. The van der Waals surface area contributed by atoms with Gasteiger partial charge in [0.1, 0.15) is 0 Å². The van der Waals surface area contributed by atoms with Gasteiger partial charge in [-0.2, -0.15) is 0 Å². The lowest BCUT2D eigenvalue weighted by atomic mass is 9.96. The van der Waals surface area contributed by atoms with Crippen molar-refractivity contribution >= 4 is 34.1 Å². The van der Waals surface area contributed by atoms with Crippen molar-refractivity contribution < 1.29 is 0 Å². The smallest absolute Gasteiger partial charge is 0.259 e. The van der Waals surface area contributed by atoms with Crippen molar-refractivity contribution in [3.8, 4) is 11.1 Å². The zero-order chi connectivity index (χ0) is 14.3. The number of halogens is 2. The minimum atomic E-state index is -0.167. The van der Waals surface area contributed by atoms with Crippen molar-refractivity contribution in [1.29, 1.82) is 0 Å². The third kappa shape index (κ3) is 2.09. The van der Waals surface area contributed by atoms with Crippen LogP contribution in [0.4, 0.5) is 0 Å². The monoisotopic (exact) mass is 304 g/mol. The number of aromatic nitrogens is 2. The van der Waals surface area contributed by atoms with Gasteiger partial charge in [0.25, 0.3) is 5.56 Å². The summed E-state index contributed by atoms with van der Waals surface area (Å²) in [6, 6.07) is 9.11. The van der Waals surface area contributed by atoms with E-state index in [0.29, 0.717) is 20.9 Å². The molecule has 0 fully saturated rings. The third-order valence-electron chi connectivity index (χ3n) is 3.23. The SMILES string of the molecule is Cc1ccc2nc[nH]c(=O)c2c1-c1ccc(Cl)c(Cl)c1. The number of hydrogen-bond acceptors (Lipinski definition) is 2. The van der Waals surface area contributed by atoms with E-state index in [4.69, 9.17) is 23.2 Å². The Balaban J connectivity index is 2.43. The van der Waals surface area contributed by atoms with Crippen LogP contribution in [-0.2, 0) is 0 Å². The average molecular weight is 305 g/mol. The van der Waals surface area contributed by atoms with Crippen molar-refractivity contribution in [2.75, 3.05) is 0 Å². The van der Waals surface area contributed by atoms with Gasteiger partial charge in [-0.3, -0.25) is 4.79 Å². The molecule has 20 heavy (non-hydrogen) atoms. The summed E-state index contributed by atoms with van der Waals surface area (Å²) in [6.07, 6.45) is 1.40. The summed E-state index contributed by atoms with van der Waals surface area (Å²) in [7, 11) is 0. The molecule has 0 saturated heterocycles. The topological polar surface area (TPSA) is 45.8 Å². The molecule has 0 unspecified atom stereocenters. The van der Waals surface area contributed by atoms with Crippen molar-refractivity contribution in [2.45, 2.75) is 6.92 Å². The Morgan fingerprint density at radius 3 is 2.65 bits per heavy atom. The zero-order valence-electron chi connectivity index (χ0n) is 10.6. The van der Waals surface area contributed by atoms with Crippen LogP contribution in [0.3, 0.4) is 0 Å². The number of rotatable bonds is 1. The lowest BCUT2D eigenvalue weighted by molar-refractivity contribution is 1.17. The highest BCUT2D eigenvalue weighted by Crippen LogP contribution is 2.33. The fourth-order valence-electron chi connectivity index (χ4n) is 2.29. The Kier molecular flexibility index (Phi) is 3.24. The van der Waals surface area contributed by atoms with Gasteiger partial charge in [0.2, 0.25) is 0 Å². The predicted octanol–water partition coefficient (Wildman–Crippen LogP) is 4.21. The highest BCUT2D eigenvalue weighted by molar-refractivity contribution is 6.42. The van der Waals surface area contributed by atoms with E-state index in [1.54, 1.807) is 12.1 Å². The van der Waals surface area contributed by atoms with Gasteiger partial charge in [-0.15, -0.1) is 0 Å². The molecule has 0 amide bonds. The van der Waals surface area contributed by atoms with Crippen LogP contribution >= 0.6 is 23.2 Å². The second-order valence-corrected chi connectivity index (χ2v) is 5.33. The molecule has 3 aromatic rings. The van der Waals surface area contributed by atoms with E-state index in [1.165, 1.54) is 6.33 Å². The van der Waals surface area contributed by atoms with Gasteiger partial charge in [0.15, 0.2) is 0 Å². The Morgan fingerprint density at radius 2 is 1.90 bits per heavy atom. The number of aromatic amines is 1. The first-order chi connectivity index (χ1) is 9.58. The summed E-state index contributed by atoms with van der Waals surface area (Å²) in [4.78, 5) is 18.9. The molecule has 5 heteroatoms. The molecule has 0 saturated carbocycles. The summed E-state index contributed by atoms with van der Waals surface area (Å²) in [5.41, 5.74) is 3.14. The maximum atomic E-state index is 12.1. The molecule has 1 N–H and O–H groups in total. The van der Waals surface area contributed by atoms with Gasteiger partial charge < -0.3 is 4.98 Å². The standard InChI is InChI=1S/C15H10Cl2N2O/c1-8-2-5-12-14(15(20)19-7-18-12)13(8)9-3-4-10(16)11(17)6-9/h2-7H,1H3,(H,18,19,20). The van der Waals surface area contributed by atoms with E-state index in [9.17, 15) is 4.79 Å². The van der Waals surface area contributed by atoms with E-state index in [2.05, 4.69) is 9.97 Å². The second kappa shape index (κ2) is 4.93. The maximum absolute atomic E-state index is 12.1. The molecular formula is C15H10Cl2N2O. The Labute approximate surface area is 125 Å². The molecule has 1 aromatic heterocycles. The van der Waals surface area contributed by atoms with Gasteiger partial charge in [0, 0.05) is 0 Å². The molecule has 1 heterocycles. The molecule has 0 aliphatic rings. The van der Waals surface area contributed by atoms with Gasteiger partial charge in [-0.25, -0.2) is 4.98 Å². The Bertz CT molecular complexity index is 871. The zero-order valence-corrected chi connectivity index (χ0v) is 12.1. The predicted molar refractivity (Wildman–Crippen MR) is 82.6 cm³/mol. The summed E-state index contributed by atoms with van der Waals surface area (Å²) in [5.74, 6) is 0. The summed E-state index contributed by atoms with van der Waals surface area (Å²) >= 11 is 12.0.